The summed E-state index contributed by atoms with van der Waals surface area (Å²) in [5.41, 5.74) is 2.50. The summed E-state index contributed by atoms with van der Waals surface area (Å²) in [6.07, 6.45) is 2.88. The highest BCUT2D eigenvalue weighted by Gasteiger charge is 2.14. The summed E-state index contributed by atoms with van der Waals surface area (Å²) in [5.74, 6) is 0.270. The first-order chi connectivity index (χ1) is 13.0. The quantitative estimate of drug-likeness (QED) is 0.565. The molecule has 1 amide bonds. The van der Waals surface area contributed by atoms with E-state index in [4.69, 9.17) is 23.2 Å². The smallest absolute Gasteiger partial charge is 0.232 e. The van der Waals surface area contributed by atoms with Crippen LogP contribution in [0.2, 0.25) is 10.0 Å². The van der Waals surface area contributed by atoms with Crippen LogP contribution in [0.4, 0.5) is 5.95 Å². The predicted octanol–water partition coefficient (Wildman–Crippen LogP) is 3.54. The Balaban J connectivity index is 1.92. The summed E-state index contributed by atoms with van der Waals surface area (Å²) in [7, 11) is 0. The number of benzene rings is 1. The van der Waals surface area contributed by atoms with E-state index in [1.165, 1.54) is 24.3 Å². The van der Waals surface area contributed by atoms with Crippen LogP contribution in [0.1, 0.15) is 6.92 Å². The van der Waals surface area contributed by atoms with Crippen molar-refractivity contribution in [1.29, 1.82) is 0 Å². The normalized spacial score (nSPS) is 10.9. The minimum atomic E-state index is -0.278. The molecule has 1 N–H and O–H groups in total. The van der Waals surface area contributed by atoms with Crippen molar-refractivity contribution in [3.8, 4) is 17.1 Å². The van der Waals surface area contributed by atoms with E-state index in [0.29, 0.717) is 32.6 Å². The molecule has 0 bridgehead atoms. The highest BCUT2D eigenvalue weighted by Crippen LogP contribution is 2.29. The van der Waals surface area contributed by atoms with Gasteiger partial charge in [-0.1, -0.05) is 29.3 Å². The number of nitrogens with one attached hydrogen (secondary N) is 1. The minimum absolute atomic E-state index is 0.157. The van der Waals surface area contributed by atoms with Crippen LogP contribution >= 0.6 is 23.2 Å². The topological polar surface area (TPSA) is 98.5 Å². The van der Waals surface area contributed by atoms with Crippen LogP contribution < -0.4 is 5.32 Å². The molecule has 3 heterocycles. The van der Waals surface area contributed by atoms with Gasteiger partial charge >= 0.3 is 0 Å². The van der Waals surface area contributed by atoms with E-state index in [-0.39, 0.29) is 11.9 Å². The van der Waals surface area contributed by atoms with E-state index in [1.807, 2.05) is 6.07 Å². The van der Waals surface area contributed by atoms with Crippen molar-refractivity contribution in [2.75, 3.05) is 5.32 Å². The maximum atomic E-state index is 11.4. The second kappa shape index (κ2) is 6.90. The molecule has 0 aliphatic carbocycles. The van der Waals surface area contributed by atoms with Gasteiger partial charge < -0.3 is 0 Å². The molecule has 27 heavy (non-hydrogen) atoms. The van der Waals surface area contributed by atoms with Crippen LogP contribution in [0.5, 0.6) is 0 Å². The molecule has 0 spiro atoms. The molecule has 0 aliphatic heterocycles. The Hall–Kier alpha value is -3.10. The lowest BCUT2D eigenvalue weighted by atomic mass is 10.1. The number of pyridine rings is 1. The van der Waals surface area contributed by atoms with E-state index in [0.717, 1.165) is 5.56 Å². The average molecular weight is 400 g/mol. The fraction of sp³-hybridized carbons (Fsp3) is 0.0588. The molecule has 1 aromatic carbocycles. The zero-order valence-electron chi connectivity index (χ0n) is 13.9. The lowest BCUT2D eigenvalue weighted by Crippen LogP contribution is -2.12. The SMILES string of the molecule is CC(=O)Nc1nc(-n2cncn2)c2nc(-c3ccc(Cl)c(Cl)c3)ccc2n1. The molecule has 0 radical (unpaired) electrons. The van der Waals surface area contributed by atoms with Gasteiger partial charge in [0.2, 0.25) is 11.9 Å². The fourth-order valence-corrected chi connectivity index (χ4v) is 2.80. The highest BCUT2D eigenvalue weighted by molar-refractivity contribution is 6.42. The van der Waals surface area contributed by atoms with Crippen LogP contribution in [-0.2, 0) is 4.79 Å². The summed E-state index contributed by atoms with van der Waals surface area (Å²) in [6.45, 7) is 1.38. The van der Waals surface area contributed by atoms with Crippen LogP contribution in [0, 0.1) is 0 Å². The van der Waals surface area contributed by atoms with E-state index < -0.39 is 0 Å². The monoisotopic (exact) mass is 399 g/mol. The number of rotatable bonds is 3. The Morgan fingerprint density at radius 3 is 2.63 bits per heavy atom. The molecule has 134 valence electrons. The van der Waals surface area contributed by atoms with Gasteiger partial charge in [-0.2, -0.15) is 10.1 Å². The van der Waals surface area contributed by atoms with Crippen molar-refractivity contribution in [3.63, 3.8) is 0 Å². The van der Waals surface area contributed by atoms with Gasteiger partial charge in [-0.25, -0.2) is 19.6 Å². The first-order valence-electron chi connectivity index (χ1n) is 7.78. The van der Waals surface area contributed by atoms with Crippen LogP contribution in [-0.4, -0.2) is 35.6 Å². The van der Waals surface area contributed by atoms with Crippen molar-refractivity contribution in [3.05, 3.63) is 53.0 Å². The van der Waals surface area contributed by atoms with Crippen molar-refractivity contribution in [2.45, 2.75) is 6.92 Å². The maximum Gasteiger partial charge on any atom is 0.232 e. The van der Waals surface area contributed by atoms with Gasteiger partial charge in [-0.3, -0.25) is 10.1 Å². The summed E-state index contributed by atoms with van der Waals surface area (Å²) >= 11 is 12.1. The first kappa shape index (κ1) is 17.3. The lowest BCUT2D eigenvalue weighted by molar-refractivity contribution is -0.114. The molecule has 0 aliphatic rings. The third kappa shape index (κ3) is 3.44. The number of fused-ring (bicyclic) bond motifs is 1. The summed E-state index contributed by atoms with van der Waals surface area (Å²) < 4.78 is 1.46. The Morgan fingerprint density at radius 1 is 1.07 bits per heavy atom. The van der Waals surface area contributed by atoms with Crippen molar-refractivity contribution < 1.29 is 4.79 Å². The van der Waals surface area contributed by atoms with Gasteiger partial charge in [0.15, 0.2) is 5.82 Å². The second-order valence-electron chi connectivity index (χ2n) is 5.59. The molecule has 10 heteroatoms. The number of hydrogen-bond donors (Lipinski definition) is 1. The van der Waals surface area contributed by atoms with Gasteiger partial charge in [0, 0.05) is 12.5 Å². The summed E-state index contributed by atoms with van der Waals surface area (Å²) in [4.78, 5) is 28.7. The van der Waals surface area contributed by atoms with Gasteiger partial charge in [-0.15, -0.1) is 0 Å². The molecule has 0 saturated heterocycles. The minimum Gasteiger partial charge on any atom is -0.295 e. The van der Waals surface area contributed by atoms with Crippen LogP contribution in [0.25, 0.3) is 28.1 Å². The van der Waals surface area contributed by atoms with E-state index in [1.54, 1.807) is 24.3 Å². The molecule has 0 atom stereocenters. The van der Waals surface area contributed by atoms with Gasteiger partial charge in [0.25, 0.3) is 0 Å². The zero-order chi connectivity index (χ0) is 19.0. The summed E-state index contributed by atoms with van der Waals surface area (Å²) in [6, 6.07) is 8.86. The number of halogens is 2. The number of hydrogen-bond acceptors (Lipinski definition) is 6. The Labute approximate surface area is 163 Å². The van der Waals surface area contributed by atoms with Crippen molar-refractivity contribution in [2.24, 2.45) is 0 Å². The van der Waals surface area contributed by atoms with Gasteiger partial charge in [-0.05, 0) is 24.3 Å². The number of nitrogens with zero attached hydrogens (tertiary/aromatic N) is 6. The highest BCUT2D eigenvalue weighted by atomic mass is 35.5. The maximum absolute atomic E-state index is 11.4. The number of amides is 1. The van der Waals surface area contributed by atoms with Crippen molar-refractivity contribution in [1.82, 2.24) is 29.7 Å². The fourth-order valence-electron chi connectivity index (χ4n) is 2.51. The van der Waals surface area contributed by atoms with E-state index in [9.17, 15) is 4.79 Å². The second-order valence-corrected chi connectivity index (χ2v) is 6.40. The van der Waals surface area contributed by atoms with Gasteiger partial charge in [0.05, 0.1) is 21.3 Å². The Kier molecular flexibility index (Phi) is 4.43. The molecule has 0 fully saturated rings. The third-order valence-electron chi connectivity index (χ3n) is 3.66. The Bertz CT molecular complexity index is 1160. The first-order valence-corrected chi connectivity index (χ1v) is 8.53. The third-order valence-corrected chi connectivity index (χ3v) is 4.40. The van der Waals surface area contributed by atoms with Crippen LogP contribution in [0.3, 0.4) is 0 Å². The van der Waals surface area contributed by atoms with Crippen LogP contribution in [0.15, 0.2) is 43.0 Å². The number of carbonyl (C=O) groups is 1. The summed E-state index contributed by atoms with van der Waals surface area (Å²) in [5, 5.41) is 7.59. The molecular formula is C17H11Cl2N7O. The molecule has 0 unspecified atom stereocenters. The van der Waals surface area contributed by atoms with Gasteiger partial charge in [0.1, 0.15) is 18.2 Å². The lowest BCUT2D eigenvalue weighted by Gasteiger charge is -2.09. The average Bonchev–Trinajstić information content (AvgIpc) is 3.17. The standard InChI is InChI=1S/C17H11Cl2N7O/c1-9(27)22-17-24-14-5-4-13(10-2-3-11(18)12(19)6-10)23-15(14)16(25-17)26-8-20-7-21-26/h2-8H,1H3,(H,22,24,25,27). The number of anilines is 1. The number of carbonyl (C=O) groups excluding carboxylic acids is 1. The molecule has 4 aromatic rings. The molecular weight excluding hydrogens is 389 g/mol. The predicted molar refractivity (Wildman–Crippen MR) is 102 cm³/mol. The molecule has 0 saturated carbocycles. The largest absolute Gasteiger partial charge is 0.295 e. The van der Waals surface area contributed by atoms with E-state index in [2.05, 4.69) is 30.4 Å². The molecule has 3 aromatic heterocycles. The molecule has 4 rings (SSSR count). The van der Waals surface area contributed by atoms with Crippen molar-refractivity contribution >= 4 is 46.1 Å². The van der Waals surface area contributed by atoms with E-state index >= 15 is 0 Å². The Morgan fingerprint density at radius 2 is 1.93 bits per heavy atom. The molecule has 8 nitrogen and oxygen atoms in total. The zero-order valence-corrected chi connectivity index (χ0v) is 15.4. The number of aromatic nitrogens is 6.